The zero-order chi connectivity index (χ0) is 19.7. The number of nitrogens with zero attached hydrogens (tertiary/aromatic N) is 1. The van der Waals surface area contributed by atoms with Crippen LogP contribution in [0.5, 0.6) is 0 Å². The van der Waals surface area contributed by atoms with Crippen molar-refractivity contribution in [2.45, 2.75) is 20.0 Å². The molecule has 1 N–H and O–H groups in total. The molecule has 2 aromatic carbocycles. The molecule has 144 valence electrons. The van der Waals surface area contributed by atoms with E-state index in [0.717, 1.165) is 32.1 Å². The van der Waals surface area contributed by atoms with E-state index in [0.29, 0.717) is 25.4 Å². The zero-order valence-corrected chi connectivity index (χ0v) is 16.6. The lowest BCUT2D eigenvalue weighted by Gasteiger charge is -2.11. The normalized spacial score (nSPS) is 11.4. The molecule has 4 rings (SSSR count). The van der Waals surface area contributed by atoms with Gasteiger partial charge < -0.3 is 14.6 Å². The van der Waals surface area contributed by atoms with Crippen LogP contribution < -0.4 is 5.32 Å². The number of para-hydroxylation sites is 1. The second-order valence-corrected chi connectivity index (χ2v) is 7.49. The fraction of sp³-hybridized carbons (Fsp3) is 0.227. The standard InChI is InChI=1S/C22H21FN2O2S/c1-3-27-22(26)21-18(11-24-2)16-6-4-5-7-19(16)25(21)12-14-13-28-20-9-8-15(23)10-17(14)20/h4-10,13,24H,3,11-12H2,1-2H3. The summed E-state index contributed by atoms with van der Waals surface area (Å²) in [5, 5.41) is 7.09. The molecule has 6 heteroatoms. The highest BCUT2D eigenvalue weighted by molar-refractivity contribution is 7.17. The molecule has 2 heterocycles. The van der Waals surface area contributed by atoms with Crippen molar-refractivity contribution in [2.24, 2.45) is 0 Å². The number of benzene rings is 2. The molecular formula is C22H21FN2O2S. The lowest BCUT2D eigenvalue weighted by molar-refractivity contribution is 0.0513. The predicted octanol–water partition coefficient (Wildman–Crippen LogP) is 4.94. The minimum absolute atomic E-state index is 0.258. The highest BCUT2D eigenvalue weighted by Crippen LogP contribution is 2.32. The van der Waals surface area contributed by atoms with Gasteiger partial charge in [-0.1, -0.05) is 18.2 Å². The quantitative estimate of drug-likeness (QED) is 0.470. The van der Waals surface area contributed by atoms with Crippen molar-refractivity contribution >= 4 is 38.3 Å². The highest BCUT2D eigenvalue weighted by Gasteiger charge is 2.24. The van der Waals surface area contributed by atoms with Gasteiger partial charge in [-0.05, 0) is 49.2 Å². The summed E-state index contributed by atoms with van der Waals surface area (Å²) in [4.78, 5) is 12.8. The summed E-state index contributed by atoms with van der Waals surface area (Å²) in [5.41, 5.74) is 3.42. The number of ether oxygens (including phenoxy) is 1. The summed E-state index contributed by atoms with van der Waals surface area (Å²) in [6.07, 6.45) is 0. The summed E-state index contributed by atoms with van der Waals surface area (Å²) >= 11 is 1.58. The number of nitrogens with one attached hydrogen (secondary N) is 1. The van der Waals surface area contributed by atoms with Crippen LogP contribution in [0.15, 0.2) is 47.8 Å². The van der Waals surface area contributed by atoms with Gasteiger partial charge >= 0.3 is 5.97 Å². The number of rotatable bonds is 6. The molecule has 0 amide bonds. The second kappa shape index (κ2) is 7.73. The molecule has 0 atom stereocenters. The third kappa shape index (κ3) is 3.19. The van der Waals surface area contributed by atoms with Crippen LogP contribution in [-0.4, -0.2) is 24.2 Å². The molecule has 0 saturated heterocycles. The molecule has 0 fully saturated rings. The SMILES string of the molecule is CCOC(=O)c1c(CNC)c2ccccc2n1Cc1csc2ccc(F)cc12. The van der Waals surface area contributed by atoms with Gasteiger partial charge in [0.1, 0.15) is 11.5 Å². The van der Waals surface area contributed by atoms with E-state index in [4.69, 9.17) is 4.74 Å². The first-order chi connectivity index (χ1) is 13.6. The van der Waals surface area contributed by atoms with Gasteiger partial charge in [-0.2, -0.15) is 0 Å². The summed E-state index contributed by atoms with van der Waals surface area (Å²) in [5.74, 6) is -0.597. The molecule has 0 aliphatic heterocycles. The van der Waals surface area contributed by atoms with Crippen LogP contribution in [0.2, 0.25) is 0 Å². The first-order valence-electron chi connectivity index (χ1n) is 9.21. The Morgan fingerprint density at radius 3 is 2.82 bits per heavy atom. The third-order valence-corrected chi connectivity index (χ3v) is 5.85. The van der Waals surface area contributed by atoms with Crippen LogP contribution in [-0.2, 0) is 17.8 Å². The van der Waals surface area contributed by atoms with Crippen LogP contribution in [0.3, 0.4) is 0 Å². The summed E-state index contributed by atoms with van der Waals surface area (Å²) in [6.45, 7) is 3.15. The number of carbonyl (C=O) groups excluding carboxylic acids is 1. The van der Waals surface area contributed by atoms with E-state index in [1.807, 2.05) is 41.3 Å². The van der Waals surface area contributed by atoms with Gasteiger partial charge in [-0.15, -0.1) is 11.3 Å². The molecule has 0 radical (unpaired) electrons. The van der Waals surface area contributed by atoms with Crippen LogP contribution >= 0.6 is 11.3 Å². The molecule has 0 bridgehead atoms. The van der Waals surface area contributed by atoms with Crippen molar-refractivity contribution in [3.8, 4) is 0 Å². The lowest BCUT2D eigenvalue weighted by atomic mass is 10.1. The first kappa shape index (κ1) is 18.7. The number of halogens is 1. The first-order valence-corrected chi connectivity index (χ1v) is 10.1. The molecule has 0 saturated carbocycles. The summed E-state index contributed by atoms with van der Waals surface area (Å²) in [6, 6.07) is 12.8. The minimum Gasteiger partial charge on any atom is -0.461 e. The Hall–Kier alpha value is -2.70. The van der Waals surface area contributed by atoms with Crippen LogP contribution in [0, 0.1) is 5.82 Å². The van der Waals surface area contributed by atoms with Gasteiger partial charge in [-0.25, -0.2) is 9.18 Å². The van der Waals surface area contributed by atoms with Gasteiger partial charge in [-0.3, -0.25) is 0 Å². The molecule has 2 aromatic heterocycles. The average molecular weight is 396 g/mol. The molecule has 0 aliphatic rings. The van der Waals surface area contributed by atoms with Crippen molar-refractivity contribution in [1.29, 1.82) is 0 Å². The third-order valence-electron chi connectivity index (χ3n) is 4.84. The number of aromatic nitrogens is 1. The molecule has 0 spiro atoms. The van der Waals surface area contributed by atoms with Crippen molar-refractivity contribution in [2.75, 3.05) is 13.7 Å². The van der Waals surface area contributed by atoms with E-state index in [9.17, 15) is 9.18 Å². The fourth-order valence-corrected chi connectivity index (χ4v) is 4.61. The van der Waals surface area contributed by atoms with Crippen molar-refractivity contribution in [3.63, 3.8) is 0 Å². The van der Waals surface area contributed by atoms with Gasteiger partial charge in [0.2, 0.25) is 0 Å². The molecule has 4 aromatic rings. The predicted molar refractivity (Wildman–Crippen MR) is 112 cm³/mol. The molecule has 0 unspecified atom stereocenters. The maximum Gasteiger partial charge on any atom is 0.355 e. The molecule has 4 nitrogen and oxygen atoms in total. The molecular weight excluding hydrogens is 375 g/mol. The zero-order valence-electron chi connectivity index (χ0n) is 15.8. The number of hydrogen-bond donors (Lipinski definition) is 1. The van der Waals surface area contributed by atoms with E-state index < -0.39 is 0 Å². The Kier molecular flexibility index (Phi) is 5.15. The van der Waals surface area contributed by atoms with Crippen molar-refractivity contribution in [3.05, 3.63) is 70.5 Å². The van der Waals surface area contributed by atoms with E-state index in [1.165, 1.54) is 6.07 Å². The maximum absolute atomic E-state index is 13.8. The van der Waals surface area contributed by atoms with Crippen LogP contribution in [0.4, 0.5) is 4.39 Å². The molecule has 0 aliphatic carbocycles. The van der Waals surface area contributed by atoms with E-state index in [-0.39, 0.29) is 11.8 Å². The van der Waals surface area contributed by atoms with Gasteiger partial charge in [0.05, 0.1) is 6.61 Å². The monoisotopic (exact) mass is 396 g/mol. The molecule has 28 heavy (non-hydrogen) atoms. The smallest absolute Gasteiger partial charge is 0.355 e. The Morgan fingerprint density at radius 1 is 1.21 bits per heavy atom. The van der Waals surface area contributed by atoms with Crippen LogP contribution in [0.25, 0.3) is 21.0 Å². The Labute approximate surface area is 166 Å². The average Bonchev–Trinajstić information content (AvgIpc) is 3.22. The summed E-state index contributed by atoms with van der Waals surface area (Å²) < 4.78 is 22.2. The number of esters is 1. The number of carbonyl (C=O) groups is 1. The van der Waals surface area contributed by atoms with E-state index in [1.54, 1.807) is 30.4 Å². The van der Waals surface area contributed by atoms with Crippen molar-refractivity contribution in [1.82, 2.24) is 9.88 Å². The topological polar surface area (TPSA) is 43.3 Å². The maximum atomic E-state index is 13.8. The lowest BCUT2D eigenvalue weighted by Crippen LogP contribution is -2.17. The Bertz CT molecular complexity index is 1160. The highest BCUT2D eigenvalue weighted by atomic mass is 32.1. The Morgan fingerprint density at radius 2 is 2.04 bits per heavy atom. The van der Waals surface area contributed by atoms with E-state index in [2.05, 4.69) is 5.32 Å². The van der Waals surface area contributed by atoms with Gasteiger partial charge in [0.15, 0.2) is 0 Å². The van der Waals surface area contributed by atoms with Crippen LogP contribution in [0.1, 0.15) is 28.5 Å². The minimum atomic E-state index is -0.338. The second-order valence-electron chi connectivity index (χ2n) is 6.58. The largest absolute Gasteiger partial charge is 0.461 e. The number of fused-ring (bicyclic) bond motifs is 2. The summed E-state index contributed by atoms with van der Waals surface area (Å²) in [7, 11) is 1.86. The number of thiophene rings is 1. The number of hydrogen-bond acceptors (Lipinski definition) is 4. The fourth-order valence-electron chi connectivity index (χ4n) is 3.67. The van der Waals surface area contributed by atoms with Gasteiger partial charge in [0.25, 0.3) is 0 Å². The van der Waals surface area contributed by atoms with Crippen molar-refractivity contribution < 1.29 is 13.9 Å². The Balaban J connectivity index is 1.92. The van der Waals surface area contributed by atoms with E-state index >= 15 is 0 Å². The van der Waals surface area contributed by atoms with Gasteiger partial charge in [0, 0.05) is 39.6 Å².